The molecule has 1 N–H and O–H groups in total. The quantitative estimate of drug-likeness (QED) is 0.922. The summed E-state index contributed by atoms with van der Waals surface area (Å²) in [5.41, 5.74) is 0.269. The first kappa shape index (κ1) is 13.9. The van der Waals surface area contributed by atoms with Crippen LogP contribution in [0.25, 0.3) is 11.0 Å². The average molecular weight is 285 g/mol. The number of benzene rings is 1. The molecule has 2 aromatic rings. The smallest absolute Gasteiger partial charge is 0.287 e. The van der Waals surface area contributed by atoms with Gasteiger partial charge in [-0.15, -0.1) is 0 Å². The Hall–Kier alpha value is -2.10. The van der Waals surface area contributed by atoms with Gasteiger partial charge in [-0.05, 0) is 30.9 Å². The third-order valence-corrected chi connectivity index (χ3v) is 4.29. The topological polar surface area (TPSA) is 59.3 Å². The van der Waals surface area contributed by atoms with Gasteiger partial charge < -0.3 is 9.73 Å². The Kier molecular flexibility index (Phi) is 3.78. The van der Waals surface area contributed by atoms with E-state index in [-0.39, 0.29) is 23.1 Å². The number of hydrogen-bond donors (Lipinski definition) is 1. The molecule has 1 saturated carbocycles. The summed E-state index contributed by atoms with van der Waals surface area (Å²) in [4.78, 5) is 24.3. The Morgan fingerprint density at radius 2 is 2.00 bits per heavy atom. The van der Waals surface area contributed by atoms with Crippen molar-refractivity contribution >= 4 is 16.9 Å². The lowest BCUT2D eigenvalue weighted by Crippen LogP contribution is -2.41. The number of para-hydroxylation sites is 1. The average Bonchev–Trinajstić information content (AvgIpc) is 2.49. The molecule has 1 amide bonds. The highest BCUT2D eigenvalue weighted by Gasteiger charge is 2.24. The van der Waals surface area contributed by atoms with Crippen molar-refractivity contribution in [2.75, 3.05) is 0 Å². The van der Waals surface area contributed by atoms with Crippen molar-refractivity contribution < 1.29 is 9.21 Å². The lowest BCUT2D eigenvalue weighted by molar-refractivity contribution is 0.0882. The van der Waals surface area contributed by atoms with E-state index in [9.17, 15) is 9.59 Å². The van der Waals surface area contributed by atoms with Crippen LogP contribution in [-0.2, 0) is 0 Å². The third-order valence-electron chi connectivity index (χ3n) is 4.29. The summed E-state index contributed by atoms with van der Waals surface area (Å²) in [6.45, 7) is 2.15. The second-order valence-electron chi connectivity index (χ2n) is 5.81. The van der Waals surface area contributed by atoms with Crippen molar-refractivity contribution in [3.05, 3.63) is 46.3 Å². The van der Waals surface area contributed by atoms with Gasteiger partial charge in [0.05, 0.1) is 5.39 Å². The number of carbonyl (C=O) groups excluding carboxylic acids is 1. The van der Waals surface area contributed by atoms with Gasteiger partial charge in [0.1, 0.15) is 5.58 Å². The Balaban J connectivity index is 1.86. The van der Waals surface area contributed by atoms with Crippen LogP contribution in [0.3, 0.4) is 0 Å². The molecular formula is C17H19NO3. The highest BCUT2D eigenvalue weighted by molar-refractivity contribution is 5.93. The molecule has 3 rings (SSSR count). The van der Waals surface area contributed by atoms with E-state index in [0.29, 0.717) is 16.9 Å². The Morgan fingerprint density at radius 1 is 1.24 bits per heavy atom. The summed E-state index contributed by atoms with van der Waals surface area (Å²) in [6.07, 6.45) is 4.48. The van der Waals surface area contributed by atoms with Gasteiger partial charge in [-0.1, -0.05) is 31.9 Å². The predicted molar refractivity (Wildman–Crippen MR) is 81.4 cm³/mol. The minimum atomic E-state index is -0.295. The Bertz CT molecular complexity index is 719. The van der Waals surface area contributed by atoms with Gasteiger partial charge in [-0.2, -0.15) is 0 Å². The van der Waals surface area contributed by atoms with Crippen LogP contribution in [0, 0.1) is 5.92 Å². The Labute approximate surface area is 123 Å². The highest BCUT2D eigenvalue weighted by Crippen LogP contribution is 2.24. The van der Waals surface area contributed by atoms with Gasteiger partial charge in [0.25, 0.3) is 5.91 Å². The lowest BCUT2D eigenvalue weighted by Gasteiger charge is -2.29. The third kappa shape index (κ3) is 2.84. The molecule has 0 spiro atoms. The van der Waals surface area contributed by atoms with E-state index in [1.165, 1.54) is 12.5 Å². The molecule has 4 nitrogen and oxygen atoms in total. The lowest BCUT2D eigenvalue weighted by atomic mass is 9.86. The van der Waals surface area contributed by atoms with Gasteiger partial charge in [0.15, 0.2) is 11.2 Å². The molecule has 0 radical (unpaired) electrons. The van der Waals surface area contributed by atoms with E-state index in [2.05, 4.69) is 12.2 Å². The van der Waals surface area contributed by atoms with Crippen LogP contribution < -0.4 is 10.7 Å². The maximum absolute atomic E-state index is 12.3. The zero-order valence-corrected chi connectivity index (χ0v) is 12.1. The summed E-state index contributed by atoms with van der Waals surface area (Å²) in [6, 6.07) is 8.43. The van der Waals surface area contributed by atoms with Gasteiger partial charge >= 0.3 is 0 Å². The van der Waals surface area contributed by atoms with Crippen molar-refractivity contribution in [3.63, 3.8) is 0 Å². The van der Waals surface area contributed by atoms with E-state index in [0.717, 1.165) is 19.3 Å². The molecule has 2 atom stereocenters. The van der Waals surface area contributed by atoms with Gasteiger partial charge in [-0.3, -0.25) is 9.59 Å². The second kappa shape index (κ2) is 5.72. The number of amides is 1. The van der Waals surface area contributed by atoms with E-state index >= 15 is 0 Å². The SMILES string of the molecule is CC1CCCCC1NC(=O)c1cc(=O)c2ccccc2o1. The second-order valence-corrected chi connectivity index (χ2v) is 5.81. The molecule has 1 fully saturated rings. The van der Waals surface area contributed by atoms with E-state index in [1.54, 1.807) is 24.3 Å². The van der Waals surface area contributed by atoms with Crippen LogP contribution in [0.5, 0.6) is 0 Å². The molecule has 0 aliphatic heterocycles. The molecule has 1 heterocycles. The minimum absolute atomic E-state index is 0.0940. The number of nitrogens with one attached hydrogen (secondary N) is 1. The van der Waals surface area contributed by atoms with Crippen molar-refractivity contribution in [2.45, 2.75) is 38.6 Å². The first-order chi connectivity index (χ1) is 10.1. The molecule has 1 aromatic carbocycles. The Morgan fingerprint density at radius 3 is 2.81 bits per heavy atom. The molecule has 110 valence electrons. The van der Waals surface area contributed by atoms with Crippen molar-refractivity contribution in [1.82, 2.24) is 5.32 Å². The summed E-state index contributed by atoms with van der Waals surface area (Å²) in [7, 11) is 0. The number of rotatable bonds is 2. The molecule has 1 aliphatic carbocycles. The molecule has 21 heavy (non-hydrogen) atoms. The van der Waals surface area contributed by atoms with E-state index in [4.69, 9.17) is 4.42 Å². The van der Waals surface area contributed by atoms with E-state index in [1.807, 2.05) is 0 Å². The summed E-state index contributed by atoms with van der Waals surface area (Å²) in [5.74, 6) is 0.267. The van der Waals surface area contributed by atoms with Crippen LogP contribution in [0.4, 0.5) is 0 Å². The monoisotopic (exact) mass is 285 g/mol. The summed E-state index contributed by atoms with van der Waals surface area (Å²) in [5, 5.41) is 3.51. The van der Waals surface area contributed by atoms with Crippen LogP contribution in [0.15, 0.2) is 39.5 Å². The van der Waals surface area contributed by atoms with E-state index < -0.39 is 0 Å². The summed E-state index contributed by atoms with van der Waals surface area (Å²) < 4.78 is 5.57. The fraction of sp³-hybridized carbons (Fsp3) is 0.412. The van der Waals surface area contributed by atoms with Crippen LogP contribution in [-0.4, -0.2) is 11.9 Å². The zero-order chi connectivity index (χ0) is 14.8. The molecule has 0 saturated heterocycles. The molecule has 0 bridgehead atoms. The number of hydrogen-bond acceptors (Lipinski definition) is 3. The standard InChI is InChI=1S/C17H19NO3/c1-11-6-2-4-8-13(11)18-17(20)16-10-14(19)12-7-3-5-9-15(12)21-16/h3,5,7,9-11,13H,2,4,6,8H2,1H3,(H,18,20). The van der Waals surface area contributed by atoms with Crippen molar-refractivity contribution in [2.24, 2.45) is 5.92 Å². The maximum Gasteiger partial charge on any atom is 0.287 e. The first-order valence-corrected chi connectivity index (χ1v) is 7.49. The molecule has 4 heteroatoms. The maximum atomic E-state index is 12.3. The highest BCUT2D eigenvalue weighted by atomic mass is 16.3. The van der Waals surface area contributed by atoms with Gasteiger partial charge in [0, 0.05) is 12.1 Å². The molecule has 1 aliphatic rings. The number of fused-ring (bicyclic) bond motifs is 1. The van der Waals surface area contributed by atoms with Crippen LogP contribution in [0.1, 0.15) is 43.2 Å². The van der Waals surface area contributed by atoms with Crippen LogP contribution in [0.2, 0.25) is 0 Å². The van der Waals surface area contributed by atoms with Crippen molar-refractivity contribution in [1.29, 1.82) is 0 Å². The fourth-order valence-corrected chi connectivity index (χ4v) is 2.99. The van der Waals surface area contributed by atoms with Gasteiger partial charge in [-0.25, -0.2) is 0 Å². The molecular weight excluding hydrogens is 266 g/mol. The first-order valence-electron chi connectivity index (χ1n) is 7.49. The minimum Gasteiger partial charge on any atom is -0.451 e. The summed E-state index contributed by atoms with van der Waals surface area (Å²) >= 11 is 0. The molecule has 2 unspecified atom stereocenters. The van der Waals surface area contributed by atoms with Crippen LogP contribution >= 0.6 is 0 Å². The zero-order valence-electron chi connectivity index (χ0n) is 12.1. The van der Waals surface area contributed by atoms with Crippen molar-refractivity contribution in [3.8, 4) is 0 Å². The predicted octanol–water partition coefficient (Wildman–Crippen LogP) is 3.10. The largest absolute Gasteiger partial charge is 0.451 e. The fourth-order valence-electron chi connectivity index (χ4n) is 2.99. The molecule has 1 aromatic heterocycles. The van der Waals surface area contributed by atoms with Gasteiger partial charge in [0.2, 0.25) is 0 Å². The normalized spacial score (nSPS) is 22.1. The number of carbonyl (C=O) groups is 1.